The Morgan fingerprint density at radius 3 is 2.80 bits per heavy atom. The molecule has 2 aromatic carbocycles. The van der Waals surface area contributed by atoms with Crippen LogP contribution in [0.25, 0.3) is 11.3 Å². The van der Waals surface area contributed by atoms with E-state index >= 15 is 0 Å². The Morgan fingerprint density at radius 1 is 1.23 bits per heavy atom. The van der Waals surface area contributed by atoms with Crippen LogP contribution in [0.1, 0.15) is 42.2 Å². The number of hydrogen-bond acceptors (Lipinski definition) is 5. The van der Waals surface area contributed by atoms with Gasteiger partial charge in [-0.15, -0.1) is 0 Å². The Kier molecular flexibility index (Phi) is 7.62. The molecule has 0 saturated carbocycles. The van der Waals surface area contributed by atoms with Gasteiger partial charge in [-0.1, -0.05) is 35.7 Å². The van der Waals surface area contributed by atoms with E-state index in [1.807, 2.05) is 24.3 Å². The molecule has 8 heteroatoms. The number of phenols is 1. The summed E-state index contributed by atoms with van der Waals surface area (Å²) in [5.41, 5.74) is 4.69. The number of ether oxygens (including phenoxy) is 1. The second-order valence-corrected chi connectivity index (χ2v) is 7.56. The highest BCUT2D eigenvalue weighted by molar-refractivity contribution is 9.10. The van der Waals surface area contributed by atoms with Crippen molar-refractivity contribution >= 4 is 28.1 Å². The minimum absolute atomic E-state index is 0.0674. The average Bonchev–Trinajstić information content (AvgIpc) is 3.24. The molecule has 3 N–H and O–H groups in total. The number of hydrogen-bond donors (Lipinski definition) is 3. The summed E-state index contributed by atoms with van der Waals surface area (Å²) in [6.07, 6.45) is 4.73. The van der Waals surface area contributed by atoms with Gasteiger partial charge >= 0.3 is 0 Å². The first-order valence-electron chi connectivity index (χ1n) is 9.67. The number of H-pyrrole nitrogens is 1. The highest BCUT2D eigenvalue weighted by atomic mass is 79.9. The summed E-state index contributed by atoms with van der Waals surface area (Å²) in [5.74, 6) is 0.446. The fraction of sp³-hybridized carbons (Fsp3) is 0.227. The minimum atomic E-state index is -0.435. The molecular formula is C22H23BrN4O3. The van der Waals surface area contributed by atoms with Gasteiger partial charge in [0.15, 0.2) is 0 Å². The zero-order chi connectivity index (χ0) is 21.3. The van der Waals surface area contributed by atoms with Crippen molar-refractivity contribution in [3.05, 3.63) is 64.3 Å². The lowest BCUT2D eigenvalue weighted by atomic mass is 10.1. The van der Waals surface area contributed by atoms with Crippen LogP contribution >= 0.6 is 15.9 Å². The number of aromatic nitrogens is 2. The normalized spacial score (nSPS) is 11.0. The van der Waals surface area contributed by atoms with Crippen LogP contribution in [0.5, 0.6) is 11.5 Å². The minimum Gasteiger partial charge on any atom is -0.507 e. The molecule has 0 radical (unpaired) electrons. The predicted molar refractivity (Wildman–Crippen MR) is 120 cm³/mol. The van der Waals surface area contributed by atoms with Gasteiger partial charge in [-0.2, -0.15) is 10.2 Å². The molecule has 0 aliphatic carbocycles. The van der Waals surface area contributed by atoms with Crippen LogP contribution in [0, 0.1) is 0 Å². The van der Waals surface area contributed by atoms with Crippen LogP contribution in [0.4, 0.5) is 0 Å². The fourth-order valence-electron chi connectivity index (χ4n) is 2.70. The predicted octanol–water partition coefficient (Wildman–Crippen LogP) is 4.88. The van der Waals surface area contributed by atoms with Crippen LogP contribution in [-0.4, -0.2) is 34.0 Å². The molecule has 1 heterocycles. The Labute approximate surface area is 183 Å². The van der Waals surface area contributed by atoms with Gasteiger partial charge in [-0.05, 0) is 55.0 Å². The second kappa shape index (κ2) is 10.6. The third-order valence-corrected chi connectivity index (χ3v) is 4.84. The van der Waals surface area contributed by atoms with Crippen molar-refractivity contribution in [1.82, 2.24) is 15.6 Å². The quantitative estimate of drug-likeness (QED) is 0.235. The number of phenolic OH excluding ortho intramolecular Hbond substituents is 1. The third-order valence-electron chi connectivity index (χ3n) is 4.35. The number of nitrogens with zero attached hydrogens (tertiary/aromatic N) is 2. The van der Waals surface area contributed by atoms with Crippen LogP contribution in [-0.2, 0) is 0 Å². The number of amides is 1. The average molecular weight is 471 g/mol. The molecular weight excluding hydrogens is 448 g/mol. The van der Waals surface area contributed by atoms with Gasteiger partial charge in [0.05, 0.1) is 18.5 Å². The van der Waals surface area contributed by atoms with E-state index in [4.69, 9.17) is 4.74 Å². The number of unbranched alkanes of at least 4 members (excludes halogenated alkanes) is 2. The highest BCUT2D eigenvalue weighted by Crippen LogP contribution is 2.22. The van der Waals surface area contributed by atoms with Crippen LogP contribution in [0.15, 0.2) is 58.1 Å². The molecule has 1 aromatic heterocycles. The monoisotopic (exact) mass is 470 g/mol. The Morgan fingerprint density at radius 2 is 2.03 bits per heavy atom. The third kappa shape index (κ3) is 5.93. The van der Waals surface area contributed by atoms with Crippen molar-refractivity contribution < 1.29 is 14.6 Å². The van der Waals surface area contributed by atoms with E-state index in [1.54, 1.807) is 18.2 Å². The topological polar surface area (TPSA) is 99.6 Å². The highest BCUT2D eigenvalue weighted by Gasteiger charge is 2.11. The van der Waals surface area contributed by atoms with Crippen molar-refractivity contribution in [3.8, 4) is 22.8 Å². The van der Waals surface area contributed by atoms with Crippen molar-refractivity contribution in [2.45, 2.75) is 26.2 Å². The molecule has 30 heavy (non-hydrogen) atoms. The summed E-state index contributed by atoms with van der Waals surface area (Å²) in [4.78, 5) is 12.3. The molecule has 7 nitrogen and oxygen atoms in total. The van der Waals surface area contributed by atoms with Gasteiger partial charge in [0.2, 0.25) is 0 Å². The lowest BCUT2D eigenvalue weighted by Gasteiger charge is -2.06. The summed E-state index contributed by atoms with van der Waals surface area (Å²) in [6, 6.07) is 14.2. The number of aromatic amines is 1. The number of rotatable bonds is 9. The lowest BCUT2D eigenvalue weighted by Crippen LogP contribution is -2.18. The van der Waals surface area contributed by atoms with Crippen molar-refractivity contribution in [1.29, 1.82) is 0 Å². The number of nitrogens with one attached hydrogen (secondary N) is 2. The van der Waals surface area contributed by atoms with Gasteiger partial charge in [0.1, 0.15) is 17.2 Å². The molecule has 0 aliphatic heterocycles. The smallest absolute Gasteiger partial charge is 0.289 e. The molecule has 3 aromatic rings. The van der Waals surface area contributed by atoms with E-state index in [-0.39, 0.29) is 11.4 Å². The van der Waals surface area contributed by atoms with Crippen LogP contribution in [0.3, 0.4) is 0 Å². The van der Waals surface area contributed by atoms with Crippen LogP contribution < -0.4 is 10.2 Å². The van der Waals surface area contributed by atoms with E-state index in [0.717, 1.165) is 35.0 Å². The number of benzene rings is 2. The zero-order valence-corrected chi connectivity index (χ0v) is 18.1. The van der Waals surface area contributed by atoms with Gasteiger partial charge in [0.25, 0.3) is 5.91 Å². The van der Waals surface area contributed by atoms with Crippen molar-refractivity contribution in [2.75, 3.05) is 6.61 Å². The maximum atomic E-state index is 12.3. The number of halogens is 1. The van der Waals surface area contributed by atoms with Crippen molar-refractivity contribution in [3.63, 3.8) is 0 Å². The molecule has 0 fully saturated rings. The molecule has 0 spiro atoms. The van der Waals surface area contributed by atoms with Gasteiger partial charge in [-0.25, -0.2) is 5.43 Å². The zero-order valence-electron chi connectivity index (χ0n) is 16.6. The maximum absolute atomic E-state index is 12.3. The molecule has 0 atom stereocenters. The van der Waals surface area contributed by atoms with E-state index in [9.17, 15) is 9.90 Å². The molecule has 3 rings (SSSR count). The number of carbonyl (C=O) groups is 1. The Bertz CT molecular complexity index is 1020. The summed E-state index contributed by atoms with van der Waals surface area (Å²) >= 11 is 3.32. The summed E-state index contributed by atoms with van der Waals surface area (Å²) in [5, 5.41) is 20.6. The lowest BCUT2D eigenvalue weighted by molar-refractivity contribution is 0.0950. The number of aromatic hydroxyl groups is 1. The number of hydrazone groups is 1. The first-order valence-corrected chi connectivity index (χ1v) is 10.5. The SMILES string of the molecule is CCCCCOc1ccc(-c2cc(C(=O)N/N=C/c3cc(Br)ccc3O)[nH]n2)cc1. The molecule has 0 bridgehead atoms. The van der Waals surface area contributed by atoms with E-state index < -0.39 is 5.91 Å². The van der Waals surface area contributed by atoms with Crippen molar-refractivity contribution in [2.24, 2.45) is 5.10 Å². The molecule has 156 valence electrons. The summed E-state index contributed by atoms with van der Waals surface area (Å²) in [7, 11) is 0. The number of carbonyl (C=O) groups excluding carboxylic acids is 1. The summed E-state index contributed by atoms with van der Waals surface area (Å²) in [6.45, 7) is 2.87. The van der Waals surface area contributed by atoms with Gasteiger partial charge in [0, 0.05) is 15.6 Å². The molecule has 0 unspecified atom stereocenters. The molecule has 0 saturated heterocycles. The first-order chi connectivity index (χ1) is 14.6. The second-order valence-electron chi connectivity index (χ2n) is 6.65. The van der Waals surface area contributed by atoms with Crippen LogP contribution in [0.2, 0.25) is 0 Å². The molecule has 1 amide bonds. The first kappa shape index (κ1) is 21.6. The molecule has 0 aliphatic rings. The standard InChI is InChI=1S/C22H23BrN4O3/c1-2-3-4-11-30-18-8-5-15(6-9-18)19-13-20(26-25-19)22(29)27-24-14-16-12-17(23)7-10-21(16)28/h5-10,12-14,28H,2-4,11H2,1H3,(H,25,26)(H,27,29)/b24-14+. The Balaban J connectivity index is 1.58. The largest absolute Gasteiger partial charge is 0.507 e. The van der Waals surface area contributed by atoms with E-state index in [0.29, 0.717) is 17.9 Å². The maximum Gasteiger partial charge on any atom is 0.289 e. The van der Waals surface area contributed by atoms with E-state index in [2.05, 4.69) is 43.6 Å². The Hall–Kier alpha value is -3.13. The van der Waals surface area contributed by atoms with E-state index in [1.165, 1.54) is 12.3 Å². The van der Waals surface area contributed by atoms with Gasteiger partial charge in [-0.3, -0.25) is 9.89 Å². The fourth-order valence-corrected chi connectivity index (χ4v) is 3.08. The van der Waals surface area contributed by atoms with Gasteiger partial charge < -0.3 is 9.84 Å². The summed E-state index contributed by atoms with van der Waals surface area (Å²) < 4.78 is 6.50.